The molecule has 0 atom stereocenters. The Hall–Kier alpha value is -0.900. The molecule has 0 aliphatic heterocycles. The Kier molecular flexibility index (Phi) is 4.61. The molecule has 0 fully saturated rings. The molecule has 0 amide bonds. The highest BCUT2D eigenvalue weighted by Gasteiger charge is 2.19. The number of halogens is 3. The minimum Gasteiger partial charge on any atom is -0.508 e. The number of aromatic hydroxyl groups is 2. The first-order valence-corrected chi connectivity index (χ1v) is 7.43. The van der Waals surface area contributed by atoms with Crippen LogP contribution in [-0.2, 0) is 0 Å². The highest BCUT2D eigenvalue weighted by molar-refractivity contribution is 9.09. The van der Waals surface area contributed by atoms with E-state index in [0.29, 0.717) is 15.4 Å². The molecule has 0 aromatic heterocycles. The van der Waals surface area contributed by atoms with Crippen LogP contribution < -0.4 is 0 Å². The largest absolute Gasteiger partial charge is 0.508 e. The summed E-state index contributed by atoms with van der Waals surface area (Å²) in [5, 5.41) is 20.4. The fourth-order valence-corrected chi connectivity index (χ4v) is 3.24. The molecule has 19 heavy (non-hydrogen) atoms. The third-order valence-electron chi connectivity index (χ3n) is 2.87. The summed E-state index contributed by atoms with van der Waals surface area (Å²) in [5.41, 5.74) is 1.73. The van der Waals surface area contributed by atoms with Gasteiger partial charge in [0.2, 0.25) is 0 Å². The van der Waals surface area contributed by atoms with Crippen LogP contribution in [-0.4, -0.2) is 15.5 Å². The normalized spacial score (nSPS) is 10.9. The van der Waals surface area contributed by atoms with Crippen molar-refractivity contribution in [3.63, 3.8) is 0 Å². The molecule has 0 saturated carbocycles. The fourth-order valence-electron chi connectivity index (χ4n) is 1.93. The van der Waals surface area contributed by atoms with Gasteiger partial charge in [-0.1, -0.05) is 51.3 Å². The van der Waals surface area contributed by atoms with Crippen molar-refractivity contribution in [1.29, 1.82) is 0 Å². The van der Waals surface area contributed by atoms with Crippen LogP contribution in [0.15, 0.2) is 36.4 Å². The lowest BCUT2D eigenvalue weighted by Gasteiger charge is -2.18. The van der Waals surface area contributed by atoms with E-state index in [-0.39, 0.29) is 17.4 Å². The average molecular weight is 362 g/mol. The van der Waals surface area contributed by atoms with E-state index in [2.05, 4.69) is 15.9 Å². The molecular weight excluding hydrogens is 351 g/mol. The van der Waals surface area contributed by atoms with Crippen LogP contribution in [0.5, 0.6) is 11.5 Å². The molecule has 2 N–H and O–H groups in total. The number of hydrogen-bond acceptors (Lipinski definition) is 2. The van der Waals surface area contributed by atoms with E-state index < -0.39 is 0 Å². The lowest BCUT2D eigenvalue weighted by Crippen LogP contribution is -2.04. The van der Waals surface area contributed by atoms with Gasteiger partial charge in [0.1, 0.15) is 11.5 Å². The van der Waals surface area contributed by atoms with Crippen LogP contribution in [0.2, 0.25) is 10.0 Å². The zero-order valence-corrected chi connectivity index (χ0v) is 12.9. The van der Waals surface area contributed by atoms with Crippen LogP contribution in [0, 0.1) is 0 Å². The van der Waals surface area contributed by atoms with Crippen molar-refractivity contribution < 1.29 is 10.2 Å². The van der Waals surface area contributed by atoms with E-state index in [1.54, 1.807) is 24.3 Å². The molecule has 0 unspecified atom stereocenters. The molecule has 2 aromatic rings. The maximum absolute atomic E-state index is 9.40. The summed E-state index contributed by atoms with van der Waals surface area (Å²) >= 11 is 15.8. The summed E-state index contributed by atoms with van der Waals surface area (Å²) in [4.78, 5) is 0. The first kappa shape index (κ1) is 14.5. The van der Waals surface area contributed by atoms with E-state index in [0.717, 1.165) is 11.1 Å². The summed E-state index contributed by atoms with van der Waals surface area (Å²) < 4.78 is 0. The zero-order valence-electron chi connectivity index (χ0n) is 9.78. The first-order chi connectivity index (χ1) is 9.02. The van der Waals surface area contributed by atoms with Crippen molar-refractivity contribution in [2.75, 3.05) is 5.33 Å². The fraction of sp³-hybridized carbons (Fsp3) is 0.143. The number of rotatable bonds is 3. The SMILES string of the molecule is Oc1ccc(C(CBr)c2ccc(O)cc2Cl)c(Cl)c1. The highest BCUT2D eigenvalue weighted by atomic mass is 79.9. The van der Waals surface area contributed by atoms with Gasteiger partial charge >= 0.3 is 0 Å². The Labute approximate surface area is 129 Å². The van der Waals surface area contributed by atoms with Gasteiger partial charge < -0.3 is 10.2 Å². The van der Waals surface area contributed by atoms with Crippen LogP contribution >= 0.6 is 39.1 Å². The monoisotopic (exact) mass is 360 g/mol. The number of phenolic OH excluding ortho intramolecular Hbond substituents is 2. The van der Waals surface area contributed by atoms with E-state index in [1.165, 1.54) is 12.1 Å². The molecule has 0 heterocycles. The maximum atomic E-state index is 9.40. The zero-order chi connectivity index (χ0) is 14.0. The quantitative estimate of drug-likeness (QED) is 0.761. The van der Waals surface area contributed by atoms with E-state index in [1.807, 2.05) is 0 Å². The second-order valence-corrected chi connectivity index (χ2v) is 5.58. The predicted molar refractivity (Wildman–Crippen MR) is 81.9 cm³/mol. The van der Waals surface area contributed by atoms with Crippen molar-refractivity contribution >= 4 is 39.1 Å². The minimum absolute atomic E-state index is 0.0544. The van der Waals surface area contributed by atoms with Crippen LogP contribution in [0.1, 0.15) is 17.0 Å². The Bertz CT molecular complexity index is 550. The summed E-state index contributed by atoms with van der Waals surface area (Å²) in [6.45, 7) is 0. The van der Waals surface area contributed by atoms with Crippen LogP contribution in [0.25, 0.3) is 0 Å². The minimum atomic E-state index is -0.0544. The molecule has 2 rings (SSSR count). The third kappa shape index (κ3) is 3.16. The van der Waals surface area contributed by atoms with E-state index >= 15 is 0 Å². The van der Waals surface area contributed by atoms with Crippen molar-refractivity contribution in [2.24, 2.45) is 0 Å². The Morgan fingerprint density at radius 1 is 0.895 bits per heavy atom. The number of alkyl halides is 1. The molecule has 0 bridgehead atoms. The van der Waals surface area contributed by atoms with Gasteiger partial charge in [-0.2, -0.15) is 0 Å². The molecule has 0 spiro atoms. The predicted octanol–water partition coefficient (Wildman–Crippen LogP) is 4.93. The number of phenols is 2. The molecule has 5 heteroatoms. The molecule has 0 saturated heterocycles. The van der Waals surface area contributed by atoms with Gasteiger partial charge in [-0.3, -0.25) is 0 Å². The summed E-state index contributed by atoms with van der Waals surface area (Å²) in [6, 6.07) is 9.72. The van der Waals surface area contributed by atoms with Gasteiger partial charge in [-0.25, -0.2) is 0 Å². The third-order valence-corrected chi connectivity index (χ3v) is 4.18. The lowest BCUT2D eigenvalue weighted by atomic mass is 9.93. The average Bonchev–Trinajstić information content (AvgIpc) is 2.34. The first-order valence-electron chi connectivity index (χ1n) is 5.55. The molecule has 2 nitrogen and oxygen atoms in total. The van der Waals surface area contributed by atoms with Gasteiger partial charge in [0.15, 0.2) is 0 Å². The van der Waals surface area contributed by atoms with Gasteiger partial charge in [0.05, 0.1) is 0 Å². The smallest absolute Gasteiger partial charge is 0.117 e. The van der Waals surface area contributed by atoms with Crippen LogP contribution in [0.4, 0.5) is 0 Å². The van der Waals surface area contributed by atoms with Crippen molar-refractivity contribution in [3.05, 3.63) is 57.6 Å². The van der Waals surface area contributed by atoms with Crippen molar-refractivity contribution in [3.8, 4) is 11.5 Å². The number of benzene rings is 2. The molecule has 0 aliphatic rings. The molecule has 0 radical (unpaired) electrons. The Morgan fingerprint density at radius 2 is 1.32 bits per heavy atom. The molecule has 0 aliphatic carbocycles. The van der Waals surface area contributed by atoms with Crippen molar-refractivity contribution in [2.45, 2.75) is 5.92 Å². The van der Waals surface area contributed by atoms with E-state index in [4.69, 9.17) is 23.2 Å². The summed E-state index contributed by atoms with van der Waals surface area (Å²) in [7, 11) is 0. The summed E-state index contributed by atoms with van der Waals surface area (Å²) in [6.07, 6.45) is 0. The van der Waals surface area contributed by atoms with Crippen LogP contribution in [0.3, 0.4) is 0 Å². The second-order valence-electron chi connectivity index (χ2n) is 4.12. The lowest BCUT2D eigenvalue weighted by molar-refractivity contribution is 0.475. The second kappa shape index (κ2) is 6.04. The highest BCUT2D eigenvalue weighted by Crippen LogP contribution is 2.37. The molecule has 2 aromatic carbocycles. The number of hydrogen-bond donors (Lipinski definition) is 2. The maximum Gasteiger partial charge on any atom is 0.117 e. The Balaban J connectivity index is 2.50. The summed E-state index contributed by atoms with van der Waals surface area (Å²) in [5.74, 6) is 0.193. The van der Waals surface area contributed by atoms with E-state index in [9.17, 15) is 10.2 Å². The topological polar surface area (TPSA) is 40.5 Å². The standard InChI is InChI=1S/C14H11BrCl2O2/c15-7-12(10-3-1-8(18)5-13(10)16)11-4-2-9(19)6-14(11)17/h1-6,12,18-19H,7H2. The van der Waals surface area contributed by atoms with Gasteiger partial charge in [-0.05, 0) is 35.4 Å². The Morgan fingerprint density at radius 3 is 1.63 bits per heavy atom. The van der Waals surface area contributed by atoms with Gasteiger partial charge in [0, 0.05) is 21.3 Å². The molecule has 100 valence electrons. The van der Waals surface area contributed by atoms with Crippen molar-refractivity contribution in [1.82, 2.24) is 0 Å². The van der Waals surface area contributed by atoms with Gasteiger partial charge in [-0.15, -0.1) is 0 Å². The molecular formula is C14H11BrCl2O2. The van der Waals surface area contributed by atoms with Gasteiger partial charge in [0.25, 0.3) is 0 Å².